The summed E-state index contributed by atoms with van der Waals surface area (Å²) in [6.07, 6.45) is 2.18. The summed E-state index contributed by atoms with van der Waals surface area (Å²) in [5.74, 6) is -0.0378. The predicted octanol–water partition coefficient (Wildman–Crippen LogP) is 0.605. The van der Waals surface area contributed by atoms with Crippen molar-refractivity contribution in [2.24, 2.45) is 5.41 Å². The quantitative estimate of drug-likeness (QED) is 0.741. The number of carbonyl (C=O) groups is 1. The van der Waals surface area contributed by atoms with Gasteiger partial charge in [0.05, 0.1) is 6.61 Å². The summed E-state index contributed by atoms with van der Waals surface area (Å²) in [6.45, 7) is 8.76. The Balaban J connectivity index is 2.74. The molecule has 1 saturated heterocycles. The Kier molecular flexibility index (Phi) is 4.74. The normalized spacial score (nSPS) is 26.2. The van der Waals surface area contributed by atoms with Crippen LogP contribution < -0.4 is 5.32 Å². The number of carbonyl (C=O) groups excluding carboxylic acids is 1. The van der Waals surface area contributed by atoms with E-state index < -0.39 is 0 Å². The van der Waals surface area contributed by atoms with Crippen LogP contribution in [0, 0.1) is 5.41 Å². The smallest absolute Gasteiger partial charge is 0.239 e. The zero-order valence-electron chi connectivity index (χ0n) is 10.6. The summed E-state index contributed by atoms with van der Waals surface area (Å²) in [5, 5.41) is 12.2. The van der Waals surface area contributed by atoms with Crippen LogP contribution in [0.1, 0.15) is 33.6 Å². The largest absolute Gasteiger partial charge is 0.394 e. The van der Waals surface area contributed by atoms with Crippen LogP contribution >= 0.6 is 0 Å². The third kappa shape index (κ3) is 3.46. The van der Waals surface area contributed by atoms with Crippen LogP contribution in [0.25, 0.3) is 0 Å². The minimum atomic E-state index is -0.367. The number of aliphatic hydroxyl groups is 1. The molecule has 0 aromatic carbocycles. The van der Waals surface area contributed by atoms with Gasteiger partial charge in [-0.15, -0.1) is 0 Å². The van der Waals surface area contributed by atoms with Crippen LogP contribution in [0.5, 0.6) is 0 Å². The molecule has 1 atom stereocenters. The summed E-state index contributed by atoms with van der Waals surface area (Å²) in [7, 11) is 0. The monoisotopic (exact) mass is 228 g/mol. The second-order valence-electron chi connectivity index (χ2n) is 5.40. The molecule has 2 N–H and O–H groups in total. The maximum absolute atomic E-state index is 11.8. The summed E-state index contributed by atoms with van der Waals surface area (Å²) >= 11 is 0. The average molecular weight is 228 g/mol. The van der Waals surface area contributed by atoms with E-state index in [2.05, 4.69) is 31.0 Å². The number of hydrogen-bond acceptors (Lipinski definition) is 3. The molecule has 0 spiro atoms. The fourth-order valence-corrected chi connectivity index (χ4v) is 2.12. The van der Waals surface area contributed by atoms with Gasteiger partial charge < -0.3 is 10.4 Å². The van der Waals surface area contributed by atoms with E-state index in [1.165, 1.54) is 0 Å². The first kappa shape index (κ1) is 13.5. The summed E-state index contributed by atoms with van der Waals surface area (Å²) < 4.78 is 0. The lowest BCUT2D eigenvalue weighted by atomic mass is 9.93. The number of aliphatic hydroxyl groups excluding tert-OH is 1. The highest BCUT2D eigenvalue weighted by Crippen LogP contribution is 2.21. The van der Waals surface area contributed by atoms with Crippen molar-refractivity contribution < 1.29 is 9.90 Å². The molecule has 1 aliphatic heterocycles. The van der Waals surface area contributed by atoms with E-state index in [-0.39, 0.29) is 24.0 Å². The third-order valence-electron chi connectivity index (χ3n) is 3.09. The fourth-order valence-electron chi connectivity index (χ4n) is 2.12. The Labute approximate surface area is 98.0 Å². The molecule has 1 rings (SSSR count). The molecular formula is C12H24N2O2. The van der Waals surface area contributed by atoms with Crippen molar-refractivity contribution >= 4 is 5.91 Å². The van der Waals surface area contributed by atoms with Gasteiger partial charge >= 0.3 is 0 Å². The van der Waals surface area contributed by atoms with Gasteiger partial charge in [-0.25, -0.2) is 0 Å². The molecule has 1 unspecified atom stereocenters. The van der Waals surface area contributed by atoms with Gasteiger partial charge in [-0.1, -0.05) is 27.2 Å². The molecule has 0 saturated carbocycles. The standard InChI is InChI=1S/C12H24N2O2/c1-4-5-6-14-9-12(2,3)8-13-11(16)10(14)7-15/h10,15H,4-9H2,1-3H3,(H,13,16). The highest BCUT2D eigenvalue weighted by molar-refractivity contribution is 5.82. The lowest BCUT2D eigenvalue weighted by Gasteiger charge is -2.31. The van der Waals surface area contributed by atoms with Crippen LogP contribution in [0.3, 0.4) is 0 Å². The van der Waals surface area contributed by atoms with Crippen molar-refractivity contribution in [3.05, 3.63) is 0 Å². The van der Waals surface area contributed by atoms with Gasteiger partial charge in [0, 0.05) is 13.1 Å². The van der Waals surface area contributed by atoms with Crippen LogP contribution in [-0.2, 0) is 4.79 Å². The Morgan fingerprint density at radius 3 is 2.81 bits per heavy atom. The number of amides is 1. The fraction of sp³-hybridized carbons (Fsp3) is 0.917. The van der Waals surface area contributed by atoms with Crippen LogP contribution in [0.2, 0.25) is 0 Å². The molecule has 94 valence electrons. The van der Waals surface area contributed by atoms with E-state index in [0.29, 0.717) is 6.54 Å². The maximum atomic E-state index is 11.8. The Bertz CT molecular complexity index is 241. The van der Waals surface area contributed by atoms with Gasteiger partial charge in [-0.3, -0.25) is 9.69 Å². The molecule has 1 fully saturated rings. The van der Waals surface area contributed by atoms with Crippen LogP contribution in [-0.4, -0.2) is 48.2 Å². The first-order chi connectivity index (χ1) is 7.50. The summed E-state index contributed by atoms with van der Waals surface area (Å²) in [4.78, 5) is 13.9. The van der Waals surface area contributed by atoms with Gasteiger partial charge in [0.25, 0.3) is 0 Å². The SMILES string of the molecule is CCCCN1CC(C)(C)CNC(=O)C1CO. The lowest BCUT2D eigenvalue weighted by molar-refractivity contribution is -0.126. The van der Waals surface area contributed by atoms with Gasteiger partial charge in [-0.05, 0) is 18.4 Å². The molecule has 0 radical (unpaired) electrons. The van der Waals surface area contributed by atoms with Crippen molar-refractivity contribution in [3.8, 4) is 0 Å². The van der Waals surface area contributed by atoms with Crippen molar-refractivity contribution in [1.29, 1.82) is 0 Å². The molecule has 1 amide bonds. The van der Waals surface area contributed by atoms with E-state index in [0.717, 1.165) is 25.9 Å². The van der Waals surface area contributed by atoms with Gasteiger partial charge in [0.1, 0.15) is 6.04 Å². The van der Waals surface area contributed by atoms with Crippen molar-refractivity contribution in [3.63, 3.8) is 0 Å². The highest BCUT2D eigenvalue weighted by atomic mass is 16.3. The first-order valence-electron chi connectivity index (χ1n) is 6.13. The summed E-state index contributed by atoms with van der Waals surface area (Å²) in [6, 6.07) is -0.367. The molecule has 1 heterocycles. The maximum Gasteiger partial charge on any atom is 0.239 e. The van der Waals surface area contributed by atoms with Crippen LogP contribution in [0.15, 0.2) is 0 Å². The van der Waals surface area contributed by atoms with Crippen molar-refractivity contribution in [1.82, 2.24) is 10.2 Å². The van der Waals surface area contributed by atoms with E-state index in [9.17, 15) is 9.90 Å². The number of rotatable bonds is 4. The molecular weight excluding hydrogens is 204 g/mol. The number of nitrogens with one attached hydrogen (secondary N) is 1. The Hall–Kier alpha value is -0.610. The van der Waals surface area contributed by atoms with E-state index in [4.69, 9.17) is 0 Å². The second kappa shape index (κ2) is 5.64. The highest BCUT2D eigenvalue weighted by Gasteiger charge is 2.34. The Morgan fingerprint density at radius 1 is 1.56 bits per heavy atom. The van der Waals surface area contributed by atoms with Crippen molar-refractivity contribution in [2.75, 3.05) is 26.2 Å². The predicted molar refractivity (Wildman–Crippen MR) is 64.1 cm³/mol. The average Bonchev–Trinajstić information content (AvgIpc) is 2.33. The van der Waals surface area contributed by atoms with E-state index in [1.807, 2.05) is 0 Å². The van der Waals surface area contributed by atoms with Crippen molar-refractivity contribution in [2.45, 2.75) is 39.7 Å². The number of hydrogen-bond donors (Lipinski definition) is 2. The molecule has 4 nitrogen and oxygen atoms in total. The van der Waals surface area contributed by atoms with E-state index >= 15 is 0 Å². The Morgan fingerprint density at radius 2 is 2.25 bits per heavy atom. The van der Waals surface area contributed by atoms with Gasteiger partial charge in [0.15, 0.2) is 0 Å². The molecule has 16 heavy (non-hydrogen) atoms. The second-order valence-corrected chi connectivity index (χ2v) is 5.40. The molecule has 0 bridgehead atoms. The topological polar surface area (TPSA) is 52.6 Å². The molecule has 0 aromatic heterocycles. The molecule has 1 aliphatic rings. The minimum absolute atomic E-state index is 0.0378. The summed E-state index contributed by atoms with van der Waals surface area (Å²) in [5.41, 5.74) is 0.0767. The third-order valence-corrected chi connectivity index (χ3v) is 3.09. The molecule has 4 heteroatoms. The number of nitrogens with zero attached hydrogens (tertiary/aromatic N) is 1. The van der Waals surface area contributed by atoms with E-state index in [1.54, 1.807) is 0 Å². The van der Waals surface area contributed by atoms with Crippen LogP contribution in [0.4, 0.5) is 0 Å². The zero-order valence-corrected chi connectivity index (χ0v) is 10.6. The zero-order chi connectivity index (χ0) is 12.2. The minimum Gasteiger partial charge on any atom is -0.394 e. The van der Waals surface area contributed by atoms with Gasteiger partial charge in [0.2, 0.25) is 5.91 Å². The molecule has 0 aliphatic carbocycles. The number of unbranched alkanes of at least 4 members (excludes halogenated alkanes) is 1. The molecule has 0 aromatic rings. The first-order valence-corrected chi connectivity index (χ1v) is 6.13. The lowest BCUT2D eigenvalue weighted by Crippen LogP contribution is -2.47. The van der Waals surface area contributed by atoms with Gasteiger partial charge in [-0.2, -0.15) is 0 Å².